The van der Waals surface area contributed by atoms with Gasteiger partial charge in [-0.05, 0) is 84.5 Å². The summed E-state index contributed by atoms with van der Waals surface area (Å²) in [5.74, 6) is -8.17. The zero-order chi connectivity index (χ0) is 62.5. The van der Waals surface area contributed by atoms with Crippen molar-refractivity contribution in [3.8, 4) is 33.8 Å². The largest absolute Gasteiger partial charge is 0.508 e. The highest BCUT2D eigenvalue weighted by molar-refractivity contribution is 6.00. The van der Waals surface area contributed by atoms with E-state index in [2.05, 4.69) is 38.8 Å². The smallest absolute Gasteiger partial charge is 0.251 e. The number of amides is 7. The average molecular weight is 1200 g/mol. The van der Waals surface area contributed by atoms with E-state index >= 15 is 0 Å². The highest BCUT2D eigenvalue weighted by atomic mass is 16.5. The lowest BCUT2D eigenvalue weighted by molar-refractivity contribution is -0.148. The zero-order valence-corrected chi connectivity index (χ0v) is 48.6. The van der Waals surface area contributed by atoms with Crippen molar-refractivity contribution in [3.05, 3.63) is 108 Å². The highest BCUT2D eigenvalue weighted by Gasteiger charge is 2.50. The van der Waals surface area contributed by atoms with Gasteiger partial charge in [0.05, 0.1) is 43.7 Å². The second-order valence-electron chi connectivity index (χ2n) is 22.3. The SMILES string of the molecule is CCCCCOc1ccc(-c2ccc(-c3ccc(C(=O)NC4C[C@@H](O)C(NCCOC)NC(=O)C5[C@@H](O)[C@@H](C)CN5C(=O)C([C@@H](C)O)NC(=O)C([C@H](O)[C@@H](O)c5ccc(O)cc5)NC(=O)C5C[C@@H](O)CN5C(=O)C([C@@H](C)O)NC4=O)cc3)cc2)cc1. The molecule has 7 amide bonds. The van der Waals surface area contributed by atoms with Crippen molar-refractivity contribution in [2.45, 2.75) is 145 Å². The third-order valence-corrected chi connectivity index (χ3v) is 15.7. The van der Waals surface area contributed by atoms with Crippen molar-refractivity contribution >= 4 is 41.4 Å². The maximum absolute atomic E-state index is 14.7. The number of fused-ring (bicyclic) bond motifs is 2. The minimum Gasteiger partial charge on any atom is -0.508 e. The summed E-state index contributed by atoms with van der Waals surface area (Å²) in [5.41, 5.74) is 3.48. The van der Waals surface area contributed by atoms with Crippen molar-refractivity contribution in [2.75, 3.05) is 40.0 Å². The van der Waals surface area contributed by atoms with Crippen LogP contribution in [0, 0.1) is 5.92 Å². The van der Waals surface area contributed by atoms with Crippen LogP contribution in [-0.2, 0) is 33.5 Å². The van der Waals surface area contributed by atoms with Gasteiger partial charge in [0.2, 0.25) is 35.4 Å². The molecule has 14 N–H and O–H groups in total. The van der Waals surface area contributed by atoms with Gasteiger partial charge in [-0.15, -0.1) is 0 Å². The summed E-state index contributed by atoms with van der Waals surface area (Å²) in [6, 6.07) is 15.3. The molecule has 3 heterocycles. The fourth-order valence-corrected chi connectivity index (χ4v) is 10.7. The van der Waals surface area contributed by atoms with Crippen LogP contribution in [-0.4, -0.2) is 211 Å². The number of rotatable bonds is 18. The molecule has 86 heavy (non-hydrogen) atoms. The van der Waals surface area contributed by atoms with Gasteiger partial charge in [0.25, 0.3) is 5.91 Å². The van der Waals surface area contributed by atoms with E-state index < -0.39 is 152 Å². The Morgan fingerprint density at radius 3 is 1.77 bits per heavy atom. The predicted octanol–water partition coefficient (Wildman–Crippen LogP) is -0.683. The molecule has 25 nitrogen and oxygen atoms in total. The normalized spacial score (nSPS) is 26.8. The lowest BCUT2D eigenvalue weighted by atomic mass is 9.96. The maximum Gasteiger partial charge on any atom is 0.251 e. The standard InChI is InChI=1S/C61H80N8O17/c1-6-7-8-26-86-43-23-19-38(20-24-43)36-11-9-35(10-12-36)37-13-15-40(16-14-37)55(78)63-44-29-46(74)54(62-25-27-85-5)67-59(82)50-51(75)32(2)30-69(50)61(84)48(34(4)71)65-58(81)49(53(77)52(76)39-17-21-41(72)22-18-39)66-57(80)45-28-42(73)31-68(45)60(83)47(33(3)70)64-56(44)79/h9-24,32-34,42,44-54,62,70-77H,6-8,25-31H2,1-5H3,(H,63,78)(H,64,79)(H,65,81)(H,66,80)(H,67,82)/t32-,33+,34+,42+,44?,45?,46+,47?,48?,49?,50?,51-,52-,53-,54?/m0/s1. The molecule has 25 heteroatoms. The minimum atomic E-state index is -2.28. The first-order valence-electron chi connectivity index (χ1n) is 28.9. The molecule has 0 saturated carbocycles. The van der Waals surface area contributed by atoms with Crippen LogP contribution in [0.3, 0.4) is 0 Å². The number of hydrogen-bond donors (Lipinski definition) is 14. The quantitative estimate of drug-likeness (QED) is 0.0549. The summed E-state index contributed by atoms with van der Waals surface area (Å²) < 4.78 is 11.1. The van der Waals surface area contributed by atoms with Crippen LogP contribution in [0.25, 0.3) is 22.3 Å². The molecule has 0 bridgehead atoms. The van der Waals surface area contributed by atoms with E-state index in [0.29, 0.717) is 6.61 Å². The number of phenolic OH excluding ortho intramolecular Hbond substituents is 1. The van der Waals surface area contributed by atoms with Gasteiger partial charge < -0.3 is 86.7 Å². The van der Waals surface area contributed by atoms with E-state index in [0.717, 1.165) is 70.9 Å². The predicted molar refractivity (Wildman–Crippen MR) is 311 cm³/mol. The number of carbonyl (C=O) groups excluding carboxylic acids is 7. The van der Waals surface area contributed by atoms with Gasteiger partial charge in [-0.2, -0.15) is 0 Å². The summed E-state index contributed by atoms with van der Waals surface area (Å²) >= 11 is 0. The van der Waals surface area contributed by atoms with E-state index in [4.69, 9.17) is 9.47 Å². The molecular formula is C61H80N8O17. The number of phenols is 1. The Morgan fingerprint density at radius 2 is 1.20 bits per heavy atom. The van der Waals surface area contributed by atoms with E-state index in [-0.39, 0.29) is 36.6 Å². The van der Waals surface area contributed by atoms with Crippen LogP contribution in [0.2, 0.25) is 0 Å². The van der Waals surface area contributed by atoms with Crippen molar-refractivity contribution in [1.29, 1.82) is 0 Å². The molecule has 0 aliphatic carbocycles. The molecule has 0 spiro atoms. The number of carbonyl (C=O) groups is 7. The van der Waals surface area contributed by atoms with Crippen LogP contribution in [0.15, 0.2) is 97.1 Å². The first kappa shape index (κ1) is 65.9. The maximum atomic E-state index is 14.7. The molecule has 7 unspecified atom stereocenters. The molecular weight excluding hydrogens is 1120 g/mol. The molecule has 4 aromatic carbocycles. The lowest BCUT2D eigenvalue weighted by Gasteiger charge is -2.34. The molecule has 3 saturated heterocycles. The molecule has 3 aliphatic rings. The van der Waals surface area contributed by atoms with E-state index in [9.17, 15) is 74.4 Å². The summed E-state index contributed by atoms with van der Waals surface area (Å²) in [6.07, 6.45) is -12.2. The summed E-state index contributed by atoms with van der Waals surface area (Å²) in [4.78, 5) is 103. The van der Waals surface area contributed by atoms with Crippen molar-refractivity contribution in [3.63, 3.8) is 0 Å². The number of aliphatic hydroxyl groups excluding tert-OH is 7. The highest BCUT2D eigenvalue weighted by Crippen LogP contribution is 2.30. The average Bonchev–Trinajstić information content (AvgIpc) is 2.84. The Morgan fingerprint density at radius 1 is 0.651 bits per heavy atom. The van der Waals surface area contributed by atoms with E-state index in [1.165, 1.54) is 50.4 Å². The topological polar surface area (TPSA) is 378 Å². The molecule has 3 aliphatic heterocycles. The number of ether oxygens (including phenoxy) is 2. The van der Waals surface area contributed by atoms with Gasteiger partial charge in [-0.1, -0.05) is 87.4 Å². The number of aliphatic hydroxyl groups is 7. The molecule has 0 aromatic heterocycles. The van der Waals surface area contributed by atoms with E-state index in [1.54, 1.807) is 12.1 Å². The minimum absolute atomic E-state index is 0.00959. The van der Waals surface area contributed by atoms with Crippen LogP contribution in [0.4, 0.5) is 0 Å². The second kappa shape index (κ2) is 30.2. The summed E-state index contributed by atoms with van der Waals surface area (Å²) in [7, 11) is 1.38. The number of aromatic hydroxyl groups is 1. The van der Waals surface area contributed by atoms with Gasteiger partial charge >= 0.3 is 0 Å². The molecule has 4 aromatic rings. The number of nitrogens with zero attached hydrogens (tertiary/aromatic N) is 2. The van der Waals surface area contributed by atoms with Gasteiger partial charge in [0, 0.05) is 51.1 Å². The lowest BCUT2D eigenvalue weighted by Crippen LogP contribution is -2.64. The van der Waals surface area contributed by atoms with Crippen molar-refractivity contribution < 1.29 is 83.9 Å². The third-order valence-electron chi connectivity index (χ3n) is 15.7. The number of methoxy groups -OCH3 is 1. The van der Waals surface area contributed by atoms with Crippen LogP contribution >= 0.6 is 0 Å². The van der Waals surface area contributed by atoms with Crippen LogP contribution in [0.1, 0.15) is 81.8 Å². The molecule has 15 atom stereocenters. The third kappa shape index (κ3) is 16.3. The van der Waals surface area contributed by atoms with E-state index in [1.807, 2.05) is 48.5 Å². The van der Waals surface area contributed by atoms with Gasteiger partial charge in [-0.25, -0.2) is 0 Å². The fraction of sp³-hybridized carbons (Fsp3) is 0.492. The van der Waals surface area contributed by atoms with Crippen molar-refractivity contribution in [1.82, 2.24) is 41.7 Å². The zero-order valence-electron chi connectivity index (χ0n) is 48.6. The van der Waals surface area contributed by atoms with Gasteiger partial charge in [-0.3, -0.25) is 38.9 Å². The Bertz CT molecular complexity index is 2950. The molecule has 7 rings (SSSR count). The number of benzene rings is 4. The number of unbranched alkanes of at least 4 members (excludes halogenated alkanes) is 2. The van der Waals surface area contributed by atoms with Crippen molar-refractivity contribution in [2.24, 2.45) is 5.92 Å². The Hall–Kier alpha value is -7.59. The fourth-order valence-electron chi connectivity index (χ4n) is 10.7. The Balaban J connectivity index is 1.22. The number of hydrogen-bond acceptors (Lipinski definition) is 18. The number of nitrogens with one attached hydrogen (secondary N) is 6. The monoisotopic (exact) mass is 1200 g/mol. The Labute approximate surface area is 498 Å². The first-order valence-corrected chi connectivity index (χ1v) is 28.9. The molecule has 466 valence electrons. The second-order valence-corrected chi connectivity index (χ2v) is 22.3. The Kier molecular flexibility index (Phi) is 23.1. The molecule has 0 radical (unpaired) electrons. The summed E-state index contributed by atoms with van der Waals surface area (Å²) in [5, 5.41) is 105. The van der Waals surface area contributed by atoms with Gasteiger partial charge in [0.15, 0.2) is 0 Å². The van der Waals surface area contributed by atoms with Gasteiger partial charge in [0.1, 0.15) is 66.1 Å². The van der Waals surface area contributed by atoms with Crippen LogP contribution < -0.4 is 36.6 Å². The van der Waals surface area contributed by atoms with Crippen LogP contribution in [0.5, 0.6) is 11.5 Å². The molecule has 3 fully saturated rings. The first-order chi connectivity index (χ1) is 41.0. The summed E-state index contributed by atoms with van der Waals surface area (Å²) in [6.45, 7) is 5.62.